The fraction of sp³-hybridized carbons (Fsp3) is 0.125. The highest BCUT2D eigenvalue weighted by Gasteiger charge is 2.79. The summed E-state index contributed by atoms with van der Waals surface area (Å²) in [6.45, 7) is 0. The number of benzene rings is 4. The Balaban J connectivity index is 1.58. The van der Waals surface area contributed by atoms with Gasteiger partial charge in [0, 0.05) is 38.9 Å². The van der Waals surface area contributed by atoms with Crippen molar-refractivity contribution in [1.82, 2.24) is 0 Å². The molecule has 8 nitrogen and oxygen atoms in total. The van der Waals surface area contributed by atoms with Crippen LogP contribution in [-0.4, -0.2) is 33.7 Å². The van der Waals surface area contributed by atoms with Crippen molar-refractivity contribution in [2.45, 2.75) is 17.6 Å². The summed E-state index contributed by atoms with van der Waals surface area (Å²) in [6.07, 6.45) is -1.31. The summed E-state index contributed by atoms with van der Waals surface area (Å²) in [5.41, 5.74) is -3.25. The summed E-state index contributed by atoms with van der Waals surface area (Å²) in [5.74, 6) is -3.86. The lowest BCUT2D eigenvalue weighted by molar-refractivity contribution is -0.384. The number of Topliss-reactive ketones (excluding diaryl/α,β-unsaturated/α-hetero) is 4. The third kappa shape index (κ3) is 3.13. The minimum Gasteiger partial charge on any atom is -0.348 e. The van der Waals surface area contributed by atoms with E-state index in [0.717, 1.165) is 4.47 Å². The molecule has 1 saturated heterocycles. The van der Waals surface area contributed by atoms with Crippen molar-refractivity contribution in [3.63, 3.8) is 0 Å². The number of nitro groups is 1. The number of carbonyl (C=O) groups is 4. The van der Waals surface area contributed by atoms with Crippen molar-refractivity contribution < 1.29 is 28.8 Å². The van der Waals surface area contributed by atoms with Crippen LogP contribution in [0.4, 0.5) is 5.69 Å². The highest BCUT2D eigenvalue weighted by Crippen LogP contribution is 2.67. The maximum atomic E-state index is 14.6. The second-order valence-electron chi connectivity index (χ2n) is 10.3. The number of carbonyl (C=O) groups excluding carboxylic acids is 4. The number of non-ortho nitro benzene ring substituents is 1. The van der Waals surface area contributed by atoms with Gasteiger partial charge in [0.1, 0.15) is 11.5 Å². The molecule has 1 fully saturated rings. The van der Waals surface area contributed by atoms with Crippen molar-refractivity contribution in [3.05, 3.63) is 145 Å². The maximum Gasteiger partial charge on any atom is 0.269 e. The van der Waals surface area contributed by atoms with E-state index in [1.165, 1.54) is 36.4 Å². The van der Waals surface area contributed by atoms with Gasteiger partial charge in [0.15, 0.2) is 11.6 Å². The van der Waals surface area contributed by atoms with Gasteiger partial charge < -0.3 is 4.74 Å². The molecule has 2 unspecified atom stereocenters. The molecule has 2 atom stereocenters. The Morgan fingerprint density at radius 1 is 0.634 bits per heavy atom. The Morgan fingerprint density at radius 2 is 1.07 bits per heavy atom. The number of halogens is 1. The lowest BCUT2D eigenvalue weighted by Crippen LogP contribution is -2.51. The highest BCUT2D eigenvalue weighted by atomic mass is 79.9. The Bertz CT molecular complexity index is 1770. The monoisotopic (exact) mass is 607 g/mol. The molecule has 9 heteroatoms. The number of hydrogen-bond acceptors (Lipinski definition) is 7. The molecular weight excluding hydrogens is 590 g/mol. The number of nitro benzene ring substituents is 1. The van der Waals surface area contributed by atoms with E-state index < -0.39 is 51.1 Å². The van der Waals surface area contributed by atoms with Gasteiger partial charge in [0.2, 0.25) is 17.2 Å². The van der Waals surface area contributed by atoms with Crippen molar-refractivity contribution >= 4 is 44.8 Å². The second-order valence-corrected chi connectivity index (χ2v) is 11.3. The third-order valence-corrected chi connectivity index (χ3v) is 8.98. The smallest absolute Gasteiger partial charge is 0.269 e. The van der Waals surface area contributed by atoms with Gasteiger partial charge in [-0.25, -0.2) is 0 Å². The molecule has 0 aromatic heterocycles. The van der Waals surface area contributed by atoms with Crippen LogP contribution in [0, 0.1) is 15.5 Å². The number of rotatable bonds is 3. The molecule has 0 N–H and O–H groups in total. The molecule has 41 heavy (non-hydrogen) atoms. The average Bonchev–Trinajstić information content (AvgIpc) is 3.51. The zero-order chi connectivity index (χ0) is 28.7. The first kappa shape index (κ1) is 25.4. The van der Waals surface area contributed by atoms with Gasteiger partial charge in [-0.05, 0) is 23.3 Å². The Kier molecular flexibility index (Phi) is 5.38. The minimum absolute atomic E-state index is 0.131. The topological polar surface area (TPSA) is 121 Å². The quantitative estimate of drug-likeness (QED) is 0.157. The zero-order valence-corrected chi connectivity index (χ0v) is 22.7. The Labute approximate surface area is 241 Å². The molecule has 1 heterocycles. The maximum absolute atomic E-state index is 14.6. The first-order valence-electron chi connectivity index (χ1n) is 12.8. The van der Waals surface area contributed by atoms with E-state index in [0.29, 0.717) is 5.56 Å². The molecule has 200 valence electrons. The third-order valence-electron chi connectivity index (χ3n) is 8.45. The molecular formula is C32H18BrNO7. The van der Waals surface area contributed by atoms with Crippen molar-refractivity contribution in [2.24, 2.45) is 5.41 Å². The first-order valence-corrected chi connectivity index (χ1v) is 13.6. The van der Waals surface area contributed by atoms with Gasteiger partial charge in [0.05, 0.1) is 10.8 Å². The van der Waals surface area contributed by atoms with E-state index >= 15 is 0 Å². The molecule has 1 aliphatic heterocycles. The first-order chi connectivity index (χ1) is 19.7. The average molecular weight is 608 g/mol. The van der Waals surface area contributed by atoms with Gasteiger partial charge in [-0.3, -0.25) is 29.3 Å². The van der Waals surface area contributed by atoms with E-state index in [9.17, 15) is 29.3 Å². The standard InChI is InChI=1S/C32H18BrNO7/c33-19-13-9-18(10-14-19)30-31(26(35)21-5-1-2-6-22(21)27(31)36)25(17-11-15-20(16-12-17)34(39)40)32(41-30)28(37)23-7-3-4-8-24(23)29(32)38/h1-16,25,30H. The van der Waals surface area contributed by atoms with Crippen LogP contribution in [0.2, 0.25) is 0 Å². The summed E-state index contributed by atoms with van der Waals surface area (Å²) in [6, 6.07) is 24.8. The van der Waals surface area contributed by atoms with Crippen LogP contribution < -0.4 is 0 Å². The molecule has 0 radical (unpaired) electrons. The predicted octanol–water partition coefficient (Wildman–Crippen LogP) is 6.10. The molecule has 0 bridgehead atoms. The van der Waals surface area contributed by atoms with E-state index in [4.69, 9.17) is 4.74 Å². The van der Waals surface area contributed by atoms with E-state index in [2.05, 4.69) is 15.9 Å². The highest BCUT2D eigenvalue weighted by molar-refractivity contribution is 9.10. The van der Waals surface area contributed by atoms with Gasteiger partial charge in [-0.1, -0.05) is 88.7 Å². The number of hydrogen-bond donors (Lipinski definition) is 0. The summed E-state index contributed by atoms with van der Waals surface area (Å²) in [7, 11) is 0. The second kappa shape index (κ2) is 8.70. The van der Waals surface area contributed by atoms with Gasteiger partial charge in [-0.15, -0.1) is 0 Å². The SMILES string of the molecule is O=C1c2ccccc2C(=O)C12OC(c1ccc(Br)cc1)C1(C(=O)c3ccccc3C1=O)C2c1ccc([N+](=O)[O-])cc1. The van der Waals surface area contributed by atoms with Crippen LogP contribution in [0.3, 0.4) is 0 Å². The largest absolute Gasteiger partial charge is 0.348 e. The van der Waals surface area contributed by atoms with E-state index in [-0.39, 0.29) is 33.5 Å². The lowest BCUT2D eigenvalue weighted by atomic mass is 9.60. The molecule has 0 saturated carbocycles. The number of ketones is 4. The molecule has 4 aromatic rings. The summed E-state index contributed by atoms with van der Waals surface area (Å²) in [5, 5.41) is 11.5. The van der Waals surface area contributed by atoms with Crippen molar-refractivity contribution in [1.29, 1.82) is 0 Å². The molecule has 4 aromatic carbocycles. The summed E-state index contributed by atoms with van der Waals surface area (Å²) in [4.78, 5) is 68.9. The molecule has 2 aliphatic carbocycles. The number of fused-ring (bicyclic) bond motifs is 2. The van der Waals surface area contributed by atoms with Crippen LogP contribution in [0.25, 0.3) is 0 Å². The number of nitrogens with zero attached hydrogens (tertiary/aromatic N) is 1. The van der Waals surface area contributed by atoms with Crippen molar-refractivity contribution in [3.8, 4) is 0 Å². The molecule has 3 aliphatic rings. The van der Waals surface area contributed by atoms with E-state index in [1.54, 1.807) is 60.7 Å². The van der Waals surface area contributed by atoms with Crippen LogP contribution >= 0.6 is 15.9 Å². The van der Waals surface area contributed by atoms with Gasteiger partial charge in [0.25, 0.3) is 5.69 Å². The van der Waals surface area contributed by atoms with Crippen LogP contribution in [-0.2, 0) is 4.74 Å². The number of ether oxygens (including phenoxy) is 1. The van der Waals surface area contributed by atoms with Gasteiger partial charge >= 0.3 is 0 Å². The van der Waals surface area contributed by atoms with Crippen LogP contribution in [0.5, 0.6) is 0 Å². The Morgan fingerprint density at radius 3 is 1.54 bits per heavy atom. The normalized spacial score (nSPS) is 21.5. The Hall–Kier alpha value is -4.60. The minimum atomic E-state index is -2.26. The molecule has 2 spiro atoms. The van der Waals surface area contributed by atoms with E-state index in [1.807, 2.05) is 0 Å². The lowest BCUT2D eigenvalue weighted by Gasteiger charge is -2.34. The van der Waals surface area contributed by atoms with Crippen molar-refractivity contribution in [2.75, 3.05) is 0 Å². The molecule has 7 rings (SSSR count). The summed E-state index contributed by atoms with van der Waals surface area (Å²) < 4.78 is 7.35. The fourth-order valence-corrected chi connectivity index (χ4v) is 7.02. The summed E-state index contributed by atoms with van der Waals surface area (Å²) >= 11 is 3.40. The van der Waals surface area contributed by atoms with Crippen LogP contribution in [0.15, 0.2) is 102 Å². The molecule has 0 amide bonds. The fourth-order valence-electron chi connectivity index (χ4n) is 6.75. The van der Waals surface area contributed by atoms with Crippen LogP contribution in [0.1, 0.15) is 64.6 Å². The zero-order valence-electron chi connectivity index (χ0n) is 21.1. The van der Waals surface area contributed by atoms with Gasteiger partial charge in [-0.2, -0.15) is 0 Å². The predicted molar refractivity (Wildman–Crippen MR) is 149 cm³/mol.